The second kappa shape index (κ2) is 6.54. The zero-order valence-electron chi connectivity index (χ0n) is 10.9. The lowest BCUT2D eigenvalue weighted by atomic mass is 10.1. The van der Waals surface area contributed by atoms with Crippen LogP contribution < -0.4 is 11.5 Å². The molecule has 1 aromatic carbocycles. The first-order valence-corrected chi connectivity index (χ1v) is 6.54. The van der Waals surface area contributed by atoms with Gasteiger partial charge in [-0.3, -0.25) is 4.79 Å². The second-order valence-corrected chi connectivity index (χ2v) is 4.78. The SMILES string of the molecule is NC(=O)c1ccc(COCC2CCCCO2)c(N)c1. The first kappa shape index (κ1) is 13.8. The van der Waals surface area contributed by atoms with Crippen molar-refractivity contribution in [1.29, 1.82) is 0 Å². The van der Waals surface area contributed by atoms with Crippen molar-refractivity contribution in [3.05, 3.63) is 29.3 Å². The smallest absolute Gasteiger partial charge is 0.248 e. The maximum atomic E-state index is 11.0. The van der Waals surface area contributed by atoms with Gasteiger partial charge in [-0.15, -0.1) is 0 Å². The molecule has 1 unspecified atom stereocenters. The van der Waals surface area contributed by atoms with Gasteiger partial charge in [-0.05, 0) is 31.4 Å². The summed E-state index contributed by atoms with van der Waals surface area (Å²) in [4.78, 5) is 11.0. The van der Waals surface area contributed by atoms with Gasteiger partial charge < -0.3 is 20.9 Å². The van der Waals surface area contributed by atoms with Gasteiger partial charge in [0.2, 0.25) is 5.91 Å². The summed E-state index contributed by atoms with van der Waals surface area (Å²) < 4.78 is 11.2. The third-order valence-electron chi connectivity index (χ3n) is 3.27. The highest BCUT2D eigenvalue weighted by Crippen LogP contribution is 2.17. The predicted octanol–water partition coefficient (Wildman–Crippen LogP) is 1.45. The minimum absolute atomic E-state index is 0.194. The van der Waals surface area contributed by atoms with Gasteiger partial charge in [-0.2, -0.15) is 0 Å². The number of rotatable bonds is 5. The van der Waals surface area contributed by atoms with Crippen molar-refractivity contribution in [2.45, 2.75) is 32.0 Å². The third-order valence-corrected chi connectivity index (χ3v) is 3.27. The second-order valence-electron chi connectivity index (χ2n) is 4.78. The maximum Gasteiger partial charge on any atom is 0.248 e. The number of hydrogen-bond acceptors (Lipinski definition) is 4. The molecule has 0 aromatic heterocycles. The lowest BCUT2D eigenvalue weighted by Crippen LogP contribution is -2.24. The van der Waals surface area contributed by atoms with Crippen LogP contribution in [0.25, 0.3) is 0 Å². The third kappa shape index (κ3) is 3.94. The fourth-order valence-corrected chi connectivity index (χ4v) is 2.12. The van der Waals surface area contributed by atoms with Gasteiger partial charge in [0.15, 0.2) is 0 Å². The van der Waals surface area contributed by atoms with Crippen LogP contribution in [0.15, 0.2) is 18.2 Å². The van der Waals surface area contributed by atoms with Crippen molar-refractivity contribution in [1.82, 2.24) is 0 Å². The number of amides is 1. The van der Waals surface area contributed by atoms with Gasteiger partial charge in [0.05, 0.1) is 19.3 Å². The molecular weight excluding hydrogens is 244 g/mol. The van der Waals surface area contributed by atoms with E-state index in [2.05, 4.69) is 0 Å². The highest BCUT2D eigenvalue weighted by molar-refractivity contribution is 5.93. The van der Waals surface area contributed by atoms with E-state index in [-0.39, 0.29) is 6.10 Å². The molecule has 1 amide bonds. The van der Waals surface area contributed by atoms with E-state index >= 15 is 0 Å². The summed E-state index contributed by atoms with van der Waals surface area (Å²) in [6.45, 7) is 1.82. The Morgan fingerprint density at radius 1 is 1.42 bits per heavy atom. The van der Waals surface area contributed by atoms with E-state index in [4.69, 9.17) is 20.9 Å². The average Bonchev–Trinajstić information content (AvgIpc) is 2.41. The molecule has 5 heteroatoms. The Hall–Kier alpha value is -1.59. The Morgan fingerprint density at radius 2 is 2.26 bits per heavy atom. The largest absolute Gasteiger partial charge is 0.398 e. The van der Waals surface area contributed by atoms with E-state index in [1.54, 1.807) is 18.2 Å². The fourth-order valence-electron chi connectivity index (χ4n) is 2.12. The van der Waals surface area contributed by atoms with Gasteiger partial charge >= 0.3 is 0 Å². The molecule has 104 valence electrons. The number of ether oxygens (including phenoxy) is 2. The number of hydrogen-bond donors (Lipinski definition) is 2. The van der Waals surface area contributed by atoms with Gasteiger partial charge in [-0.1, -0.05) is 6.07 Å². The van der Waals surface area contributed by atoms with Crippen LogP contribution in [0.2, 0.25) is 0 Å². The van der Waals surface area contributed by atoms with E-state index in [0.29, 0.717) is 24.5 Å². The molecule has 1 atom stereocenters. The Kier molecular flexibility index (Phi) is 4.76. The molecule has 1 aromatic rings. The number of anilines is 1. The van der Waals surface area contributed by atoms with Gasteiger partial charge in [0, 0.05) is 23.4 Å². The summed E-state index contributed by atoms with van der Waals surface area (Å²) >= 11 is 0. The standard InChI is InChI=1S/C14H20N2O3/c15-13-7-10(14(16)17)4-5-11(13)8-18-9-12-3-1-2-6-19-12/h4-5,7,12H,1-3,6,8-9,15H2,(H2,16,17). The molecule has 1 saturated heterocycles. The number of primary amides is 1. The van der Waals surface area contributed by atoms with Crippen LogP contribution in [0.3, 0.4) is 0 Å². The fraction of sp³-hybridized carbons (Fsp3) is 0.500. The van der Waals surface area contributed by atoms with Crippen LogP contribution in [-0.4, -0.2) is 25.2 Å². The van der Waals surface area contributed by atoms with Crippen LogP contribution in [-0.2, 0) is 16.1 Å². The molecular formula is C14H20N2O3. The predicted molar refractivity (Wildman–Crippen MR) is 72.6 cm³/mol. The van der Waals surface area contributed by atoms with Crippen molar-refractivity contribution in [3.63, 3.8) is 0 Å². The molecule has 1 heterocycles. The highest BCUT2D eigenvalue weighted by atomic mass is 16.5. The molecule has 19 heavy (non-hydrogen) atoms. The number of carbonyl (C=O) groups is 1. The summed E-state index contributed by atoms with van der Waals surface area (Å²) in [5.41, 5.74) is 12.9. The molecule has 0 radical (unpaired) electrons. The summed E-state index contributed by atoms with van der Waals surface area (Å²) in [6.07, 6.45) is 3.58. The first-order valence-electron chi connectivity index (χ1n) is 6.54. The minimum atomic E-state index is -0.477. The van der Waals surface area contributed by atoms with Crippen molar-refractivity contribution >= 4 is 11.6 Å². The lowest BCUT2D eigenvalue weighted by molar-refractivity contribution is -0.0446. The van der Waals surface area contributed by atoms with Gasteiger partial charge in [0.1, 0.15) is 0 Å². The van der Waals surface area contributed by atoms with E-state index < -0.39 is 5.91 Å². The van der Waals surface area contributed by atoms with E-state index in [1.807, 2.05) is 0 Å². The number of benzene rings is 1. The monoisotopic (exact) mass is 264 g/mol. The Bertz CT molecular complexity index is 442. The van der Waals surface area contributed by atoms with Crippen LogP contribution in [0.1, 0.15) is 35.2 Å². The Morgan fingerprint density at radius 3 is 2.89 bits per heavy atom. The van der Waals surface area contributed by atoms with Crippen LogP contribution in [0, 0.1) is 0 Å². The van der Waals surface area contributed by atoms with Crippen molar-refractivity contribution in [3.8, 4) is 0 Å². The number of nitrogen functional groups attached to an aromatic ring is 1. The number of carbonyl (C=O) groups excluding carboxylic acids is 1. The summed E-state index contributed by atoms with van der Waals surface area (Å²) in [5.74, 6) is -0.477. The highest BCUT2D eigenvalue weighted by Gasteiger charge is 2.14. The zero-order valence-corrected chi connectivity index (χ0v) is 10.9. The zero-order chi connectivity index (χ0) is 13.7. The molecule has 4 N–H and O–H groups in total. The molecule has 0 aliphatic carbocycles. The molecule has 5 nitrogen and oxygen atoms in total. The van der Waals surface area contributed by atoms with E-state index in [1.165, 1.54) is 6.42 Å². The van der Waals surface area contributed by atoms with Crippen LogP contribution >= 0.6 is 0 Å². The van der Waals surface area contributed by atoms with E-state index in [0.717, 1.165) is 25.0 Å². The minimum Gasteiger partial charge on any atom is -0.398 e. The summed E-state index contributed by atoms with van der Waals surface area (Å²) in [7, 11) is 0. The molecule has 1 fully saturated rings. The van der Waals surface area contributed by atoms with Gasteiger partial charge in [-0.25, -0.2) is 0 Å². The van der Waals surface area contributed by atoms with E-state index in [9.17, 15) is 4.79 Å². The van der Waals surface area contributed by atoms with Crippen LogP contribution in [0.5, 0.6) is 0 Å². The molecule has 1 aliphatic heterocycles. The lowest BCUT2D eigenvalue weighted by Gasteiger charge is -2.22. The Labute approximate surface area is 112 Å². The van der Waals surface area contributed by atoms with Crippen molar-refractivity contribution in [2.24, 2.45) is 5.73 Å². The summed E-state index contributed by atoms with van der Waals surface area (Å²) in [5, 5.41) is 0. The van der Waals surface area contributed by atoms with Gasteiger partial charge in [0.25, 0.3) is 0 Å². The normalized spacial score (nSPS) is 19.3. The molecule has 0 bridgehead atoms. The molecule has 2 rings (SSSR count). The quantitative estimate of drug-likeness (QED) is 0.788. The molecule has 0 spiro atoms. The molecule has 1 aliphatic rings. The number of nitrogens with two attached hydrogens (primary N) is 2. The van der Waals surface area contributed by atoms with Crippen molar-refractivity contribution < 1.29 is 14.3 Å². The average molecular weight is 264 g/mol. The molecule has 0 saturated carbocycles. The first-order chi connectivity index (χ1) is 9.16. The van der Waals surface area contributed by atoms with Crippen molar-refractivity contribution in [2.75, 3.05) is 18.9 Å². The summed E-state index contributed by atoms with van der Waals surface area (Å²) in [6, 6.07) is 5.02. The Balaban J connectivity index is 1.83. The van der Waals surface area contributed by atoms with Crippen LogP contribution in [0.4, 0.5) is 5.69 Å². The maximum absolute atomic E-state index is 11.0. The topological polar surface area (TPSA) is 87.6 Å².